The Balaban J connectivity index is 1.69. The van der Waals surface area contributed by atoms with Gasteiger partial charge in [-0.1, -0.05) is 42.6 Å². The number of aromatic nitrogens is 2. The Kier molecular flexibility index (Phi) is 7.62. The maximum absolute atomic E-state index is 15.7. The molecule has 7 nitrogen and oxygen atoms in total. The zero-order valence-corrected chi connectivity index (χ0v) is 20.8. The van der Waals surface area contributed by atoms with Crippen molar-refractivity contribution in [3.05, 3.63) is 52.9 Å². The Morgan fingerprint density at radius 1 is 1.14 bits per heavy atom. The number of amides is 1. The van der Waals surface area contributed by atoms with E-state index in [0.29, 0.717) is 23.0 Å². The first-order chi connectivity index (χ1) is 16.9. The highest BCUT2D eigenvalue weighted by Gasteiger charge is 2.27. The van der Waals surface area contributed by atoms with Gasteiger partial charge in [-0.2, -0.15) is 0 Å². The third kappa shape index (κ3) is 4.99. The number of fused-ring (bicyclic) bond motifs is 1. The minimum atomic E-state index is -0.568. The lowest BCUT2D eigenvalue weighted by Crippen LogP contribution is -2.48. The number of nitrogens with one attached hydrogen (secondary N) is 2. The molecule has 3 aromatic rings. The molecule has 1 saturated carbocycles. The van der Waals surface area contributed by atoms with Gasteiger partial charge >= 0.3 is 0 Å². The molecular weight excluding hydrogens is 494 g/mol. The molecule has 0 saturated heterocycles. The fraction of sp³-hybridized carbons (Fsp3) is 0.320. The van der Waals surface area contributed by atoms with Gasteiger partial charge < -0.3 is 20.1 Å². The first kappa shape index (κ1) is 25.0. The van der Waals surface area contributed by atoms with E-state index in [1.54, 1.807) is 18.2 Å². The third-order valence-electron chi connectivity index (χ3n) is 6.14. The molecule has 1 aliphatic carbocycles. The maximum atomic E-state index is 15.7. The largest absolute Gasteiger partial charge is 0.495 e. The summed E-state index contributed by atoms with van der Waals surface area (Å²) in [5.41, 5.74) is 0.843. The number of carbonyl (C=O) groups excluding carboxylic acids is 1. The van der Waals surface area contributed by atoms with Crippen LogP contribution in [0.5, 0.6) is 11.5 Å². The van der Waals surface area contributed by atoms with Crippen LogP contribution in [0.15, 0.2) is 37.1 Å². The van der Waals surface area contributed by atoms with Crippen molar-refractivity contribution in [1.29, 1.82) is 0 Å². The standard InChI is InChI=1S/C25H25Cl2FN4O3/c1-4-20(33)30-16-7-5-6-8-17(16)32-25-29-12-14-15(31-25)10-9-13(24(14)28)21-22(26)18(34-2)11-19(35-3)23(21)27/h4,9-12,16-17H,1,5-8H2,2-3H3,(H,30,33)(H,29,31,32)/t16-,17+/m0/s1. The van der Waals surface area contributed by atoms with E-state index < -0.39 is 5.82 Å². The molecule has 0 aliphatic heterocycles. The van der Waals surface area contributed by atoms with Gasteiger partial charge in [0.25, 0.3) is 0 Å². The molecule has 1 amide bonds. The second kappa shape index (κ2) is 10.7. The fourth-order valence-electron chi connectivity index (χ4n) is 4.34. The van der Waals surface area contributed by atoms with Crippen molar-refractivity contribution in [3.63, 3.8) is 0 Å². The molecule has 4 rings (SSSR count). The first-order valence-electron chi connectivity index (χ1n) is 11.1. The molecule has 2 N–H and O–H groups in total. The topological polar surface area (TPSA) is 85.4 Å². The zero-order valence-electron chi connectivity index (χ0n) is 19.3. The van der Waals surface area contributed by atoms with E-state index in [0.717, 1.165) is 25.7 Å². The van der Waals surface area contributed by atoms with Gasteiger partial charge in [0.1, 0.15) is 17.3 Å². The quantitative estimate of drug-likeness (QED) is 0.385. The van der Waals surface area contributed by atoms with Gasteiger partial charge in [-0.3, -0.25) is 4.79 Å². The molecule has 1 aliphatic rings. The number of nitrogens with zero attached hydrogens (tertiary/aromatic N) is 2. The average molecular weight is 519 g/mol. The molecule has 2 aromatic carbocycles. The molecule has 1 fully saturated rings. The van der Waals surface area contributed by atoms with E-state index in [2.05, 4.69) is 27.2 Å². The molecule has 0 bridgehead atoms. The van der Waals surface area contributed by atoms with Gasteiger partial charge in [-0.25, -0.2) is 14.4 Å². The van der Waals surface area contributed by atoms with Crippen LogP contribution in [0.25, 0.3) is 22.0 Å². The van der Waals surface area contributed by atoms with Crippen LogP contribution >= 0.6 is 23.2 Å². The normalized spacial score (nSPS) is 17.6. The van der Waals surface area contributed by atoms with Crippen molar-refractivity contribution in [2.45, 2.75) is 37.8 Å². The molecule has 2 atom stereocenters. The van der Waals surface area contributed by atoms with Crippen LogP contribution in [-0.4, -0.2) is 42.2 Å². The van der Waals surface area contributed by atoms with Crippen molar-refractivity contribution in [3.8, 4) is 22.6 Å². The molecule has 35 heavy (non-hydrogen) atoms. The summed E-state index contributed by atoms with van der Waals surface area (Å²) in [6.07, 6.45) is 6.42. The maximum Gasteiger partial charge on any atom is 0.243 e. The number of anilines is 1. The molecule has 0 unspecified atom stereocenters. The van der Waals surface area contributed by atoms with Crippen LogP contribution in [0.1, 0.15) is 25.7 Å². The Hall–Kier alpha value is -3.10. The fourth-order valence-corrected chi connectivity index (χ4v) is 5.04. The molecule has 1 heterocycles. The van der Waals surface area contributed by atoms with Crippen molar-refractivity contribution in [2.24, 2.45) is 0 Å². The Morgan fingerprint density at radius 2 is 1.80 bits per heavy atom. The highest BCUT2D eigenvalue weighted by atomic mass is 35.5. The minimum Gasteiger partial charge on any atom is -0.495 e. The molecule has 1 aromatic heterocycles. The number of benzene rings is 2. The molecule has 0 spiro atoms. The van der Waals surface area contributed by atoms with Gasteiger partial charge in [0.05, 0.1) is 35.2 Å². The number of ether oxygens (including phenoxy) is 2. The lowest BCUT2D eigenvalue weighted by Gasteiger charge is -2.32. The molecule has 10 heteroatoms. The van der Waals surface area contributed by atoms with Gasteiger partial charge in [-0.05, 0) is 31.1 Å². The smallest absolute Gasteiger partial charge is 0.243 e. The van der Waals surface area contributed by atoms with Crippen molar-refractivity contribution >= 4 is 46.0 Å². The van der Waals surface area contributed by atoms with Crippen LogP contribution in [0, 0.1) is 5.82 Å². The SMILES string of the molecule is C=CC(=O)N[C@H]1CCCC[C@H]1Nc1ncc2c(F)c(-c3c(Cl)c(OC)cc(OC)c3Cl)ccc2n1. The second-order valence-electron chi connectivity index (χ2n) is 8.19. The predicted octanol–water partition coefficient (Wildman–Crippen LogP) is 5.79. The van der Waals surface area contributed by atoms with Crippen molar-refractivity contribution in [2.75, 3.05) is 19.5 Å². The number of hydrogen-bond donors (Lipinski definition) is 2. The van der Waals surface area contributed by atoms with Gasteiger partial charge in [0, 0.05) is 35.5 Å². The van der Waals surface area contributed by atoms with E-state index in [-0.39, 0.29) is 44.5 Å². The Labute approximate surface area is 212 Å². The lowest BCUT2D eigenvalue weighted by molar-refractivity contribution is -0.117. The summed E-state index contributed by atoms with van der Waals surface area (Å²) < 4.78 is 26.3. The number of halogens is 3. The number of hydrogen-bond acceptors (Lipinski definition) is 6. The highest BCUT2D eigenvalue weighted by Crippen LogP contribution is 2.47. The monoisotopic (exact) mass is 518 g/mol. The Morgan fingerprint density at radius 3 is 2.43 bits per heavy atom. The van der Waals surface area contributed by atoms with Crippen molar-refractivity contribution < 1.29 is 18.7 Å². The summed E-state index contributed by atoms with van der Waals surface area (Å²) in [6, 6.07) is 4.67. The first-order valence-corrected chi connectivity index (χ1v) is 11.9. The van der Waals surface area contributed by atoms with Gasteiger partial charge in [0.2, 0.25) is 11.9 Å². The number of rotatable bonds is 7. The minimum absolute atomic E-state index is 0.0453. The van der Waals surface area contributed by atoms with E-state index in [4.69, 9.17) is 32.7 Å². The summed E-state index contributed by atoms with van der Waals surface area (Å²) in [5.74, 6) is 0.187. The van der Waals surface area contributed by atoms with E-state index >= 15 is 4.39 Å². The summed E-state index contributed by atoms with van der Waals surface area (Å²) in [5, 5.41) is 6.80. The highest BCUT2D eigenvalue weighted by molar-refractivity contribution is 6.41. The summed E-state index contributed by atoms with van der Waals surface area (Å²) in [6.45, 7) is 3.51. The van der Waals surface area contributed by atoms with Gasteiger partial charge in [-0.15, -0.1) is 0 Å². The second-order valence-corrected chi connectivity index (χ2v) is 8.95. The summed E-state index contributed by atoms with van der Waals surface area (Å²) >= 11 is 13.0. The molecule has 0 radical (unpaired) electrons. The van der Waals surface area contributed by atoms with E-state index in [9.17, 15) is 4.79 Å². The summed E-state index contributed by atoms with van der Waals surface area (Å²) in [4.78, 5) is 20.6. The third-order valence-corrected chi connectivity index (χ3v) is 6.89. The number of carbonyl (C=O) groups is 1. The van der Waals surface area contributed by atoms with Crippen LogP contribution in [-0.2, 0) is 4.79 Å². The van der Waals surface area contributed by atoms with Crippen molar-refractivity contribution in [1.82, 2.24) is 15.3 Å². The summed E-state index contributed by atoms with van der Waals surface area (Å²) in [7, 11) is 2.91. The van der Waals surface area contributed by atoms with Crippen LogP contribution in [0.2, 0.25) is 10.0 Å². The Bertz CT molecular complexity index is 1260. The van der Waals surface area contributed by atoms with Gasteiger partial charge in [0.15, 0.2) is 0 Å². The average Bonchev–Trinajstić information content (AvgIpc) is 2.86. The van der Waals surface area contributed by atoms with E-state index in [1.807, 2.05) is 0 Å². The molecule has 184 valence electrons. The van der Waals surface area contributed by atoms with Crippen LogP contribution < -0.4 is 20.1 Å². The van der Waals surface area contributed by atoms with E-state index in [1.165, 1.54) is 26.5 Å². The van der Waals surface area contributed by atoms with Crippen LogP contribution in [0.4, 0.5) is 10.3 Å². The molecular formula is C25H25Cl2FN4O3. The number of methoxy groups -OCH3 is 2. The predicted molar refractivity (Wildman–Crippen MR) is 136 cm³/mol. The lowest BCUT2D eigenvalue weighted by atomic mass is 9.90. The van der Waals surface area contributed by atoms with Crippen LogP contribution in [0.3, 0.4) is 0 Å². The zero-order chi connectivity index (χ0) is 25.1.